The van der Waals surface area contributed by atoms with E-state index in [0.717, 1.165) is 5.13 Å². The van der Waals surface area contributed by atoms with Crippen LogP contribution in [-0.4, -0.2) is 42.9 Å². The van der Waals surface area contributed by atoms with Gasteiger partial charge in [0.15, 0.2) is 5.13 Å². The number of thiazole rings is 1. The lowest BCUT2D eigenvalue weighted by atomic mass is 10.3. The van der Waals surface area contributed by atoms with E-state index in [2.05, 4.69) is 4.98 Å². The molecule has 0 bridgehead atoms. The molecule has 96 valence electrons. The lowest BCUT2D eigenvalue weighted by molar-refractivity contribution is 0.0701. The van der Waals surface area contributed by atoms with Crippen LogP contribution in [-0.2, 0) is 11.2 Å². The fourth-order valence-corrected chi connectivity index (χ4v) is 2.33. The molecular formula is C11H18N2O3S. The number of carboxylic acids is 1. The molecular weight excluding hydrogens is 240 g/mol. The van der Waals surface area contributed by atoms with Gasteiger partial charge in [0.1, 0.15) is 4.88 Å². The minimum absolute atomic E-state index is 0.339. The highest BCUT2D eigenvalue weighted by molar-refractivity contribution is 7.17. The number of hydrogen-bond donors (Lipinski definition) is 1. The predicted octanol–water partition coefficient (Wildman–Crippen LogP) is 1.88. The molecule has 1 aromatic heterocycles. The molecule has 0 spiro atoms. The summed E-state index contributed by atoms with van der Waals surface area (Å²) in [6, 6.07) is 0. The highest BCUT2D eigenvalue weighted by Crippen LogP contribution is 2.25. The highest BCUT2D eigenvalue weighted by Gasteiger charge is 2.17. The number of rotatable bonds is 7. The van der Waals surface area contributed by atoms with Crippen LogP contribution in [0.2, 0.25) is 0 Å². The van der Waals surface area contributed by atoms with Crippen LogP contribution >= 0.6 is 11.3 Å². The minimum atomic E-state index is -0.899. The molecule has 1 heterocycles. The van der Waals surface area contributed by atoms with Gasteiger partial charge in [-0.1, -0.05) is 18.3 Å². The number of carbonyl (C=O) groups is 1. The summed E-state index contributed by atoms with van der Waals surface area (Å²) >= 11 is 1.22. The van der Waals surface area contributed by atoms with Gasteiger partial charge in [-0.25, -0.2) is 9.78 Å². The number of anilines is 1. The van der Waals surface area contributed by atoms with Crippen LogP contribution in [0.3, 0.4) is 0 Å². The third-order valence-electron chi connectivity index (χ3n) is 2.32. The fourth-order valence-electron chi connectivity index (χ4n) is 1.35. The quantitative estimate of drug-likeness (QED) is 0.757. The normalized spacial score (nSPS) is 10.5. The van der Waals surface area contributed by atoms with Crippen molar-refractivity contribution in [3.63, 3.8) is 0 Å². The first-order valence-corrected chi connectivity index (χ1v) is 6.43. The summed E-state index contributed by atoms with van der Waals surface area (Å²) < 4.78 is 5.26. The van der Waals surface area contributed by atoms with Crippen molar-refractivity contribution in [1.82, 2.24) is 4.98 Å². The van der Waals surface area contributed by atoms with E-state index in [4.69, 9.17) is 9.84 Å². The maximum Gasteiger partial charge on any atom is 0.347 e. The Bertz CT molecular complexity index is 379. The van der Waals surface area contributed by atoms with Gasteiger partial charge < -0.3 is 14.7 Å². The summed E-state index contributed by atoms with van der Waals surface area (Å²) in [6.07, 6.45) is 0.636. The monoisotopic (exact) mass is 258 g/mol. The number of ether oxygens (including phenoxy) is 1. The van der Waals surface area contributed by atoms with Crippen LogP contribution in [0.25, 0.3) is 0 Å². The van der Waals surface area contributed by atoms with Crippen LogP contribution < -0.4 is 4.90 Å². The van der Waals surface area contributed by atoms with Gasteiger partial charge in [0.2, 0.25) is 0 Å². The Kier molecular flexibility index (Phi) is 5.37. The molecule has 5 nitrogen and oxygen atoms in total. The van der Waals surface area contributed by atoms with Crippen LogP contribution in [0.15, 0.2) is 0 Å². The highest BCUT2D eigenvalue weighted by atomic mass is 32.1. The van der Waals surface area contributed by atoms with E-state index in [-0.39, 0.29) is 0 Å². The summed E-state index contributed by atoms with van der Waals surface area (Å²) in [5.74, 6) is -0.899. The standard InChI is InChI=1S/C11H18N2O3S/c1-4-8-9(10(14)15)17-11(12-8)13(3)6-7-16-5-2/h4-7H2,1-3H3,(H,14,15). The number of nitrogens with zero attached hydrogens (tertiary/aromatic N) is 2. The van der Waals surface area contributed by atoms with E-state index in [1.165, 1.54) is 11.3 Å². The summed E-state index contributed by atoms with van der Waals surface area (Å²) in [5, 5.41) is 9.77. The Balaban J connectivity index is 2.73. The van der Waals surface area contributed by atoms with Crippen molar-refractivity contribution in [3.8, 4) is 0 Å². The maximum atomic E-state index is 11.0. The number of likely N-dealkylation sites (N-methyl/N-ethyl adjacent to an activating group) is 1. The Morgan fingerprint density at radius 3 is 2.71 bits per heavy atom. The molecule has 0 aliphatic heterocycles. The zero-order chi connectivity index (χ0) is 12.8. The number of aromatic nitrogens is 1. The Morgan fingerprint density at radius 1 is 1.53 bits per heavy atom. The van der Waals surface area contributed by atoms with Gasteiger partial charge in [0.25, 0.3) is 0 Å². The molecule has 0 saturated carbocycles. The number of aryl methyl sites for hydroxylation is 1. The molecule has 17 heavy (non-hydrogen) atoms. The van der Waals surface area contributed by atoms with Crippen molar-refractivity contribution in [2.24, 2.45) is 0 Å². The Labute approximate surface area is 105 Å². The van der Waals surface area contributed by atoms with Crippen LogP contribution in [0.1, 0.15) is 29.2 Å². The van der Waals surface area contributed by atoms with E-state index in [9.17, 15) is 4.79 Å². The van der Waals surface area contributed by atoms with Gasteiger partial charge in [0.05, 0.1) is 12.3 Å². The van der Waals surface area contributed by atoms with Gasteiger partial charge in [-0.15, -0.1) is 0 Å². The smallest absolute Gasteiger partial charge is 0.347 e. The van der Waals surface area contributed by atoms with Crippen molar-refractivity contribution in [2.45, 2.75) is 20.3 Å². The minimum Gasteiger partial charge on any atom is -0.477 e. The molecule has 0 aliphatic rings. The molecule has 0 radical (unpaired) electrons. The van der Waals surface area contributed by atoms with E-state index in [0.29, 0.717) is 36.8 Å². The lowest BCUT2D eigenvalue weighted by Crippen LogP contribution is -2.22. The van der Waals surface area contributed by atoms with E-state index in [1.807, 2.05) is 25.8 Å². The lowest BCUT2D eigenvalue weighted by Gasteiger charge is -2.14. The summed E-state index contributed by atoms with van der Waals surface area (Å²) in [4.78, 5) is 17.6. The molecule has 0 aromatic carbocycles. The largest absolute Gasteiger partial charge is 0.477 e. The molecule has 1 aromatic rings. The first-order chi connectivity index (χ1) is 8.10. The summed E-state index contributed by atoms with van der Waals surface area (Å²) in [6.45, 7) is 5.87. The van der Waals surface area contributed by atoms with Crippen LogP contribution in [0.4, 0.5) is 5.13 Å². The van der Waals surface area contributed by atoms with Gasteiger partial charge in [-0.05, 0) is 13.3 Å². The Morgan fingerprint density at radius 2 is 2.24 bits per heavy atom. The second-order valence-corrected chi connectivity index (χ2v) is 4.53. The average Bonchev–Trinajstić information content (AvgIpc) is 2.73. The van der Waals surface area contributed by atoms with Crippen molar-refractivity contribution in [2.75, 3.05) is 31.7 Å². The summed E-state index contributed by atoms with van der Waals surface area (Å²) in [5.41, 5.74) is 0.653. The van der Waals surface area contributed by atoms with Crippen molar-refractivity contribution >= 4 is 22.4 Å². The van der Waals surface area contributed by atoms with Gasteiger partial charge >= 0.3 is 5.97 Å². The van der Waals surface area contributed by atoms with Gasteiger partial charge in [0, 0.05) is 20.2 Å². The molecule has 0 fully saturated rings. The number of aromatic carboxylic acids is 1. The zero-order valence-corrected chi connectivity index (χ0v) is 11.2. The zero-order valence-electron chi connectivity index (χ0n) is 10.4. The SMILES string of the molecule is CCOCCN(C)c1nc(CC)c(C(=O)O)s1. The molecule has 0 aliphatic carbocycles. The number of carboxylic acid groups (broad SMARTS) is 1. The van der Waals surface area contributed by atoms with E-state index in [1.54, 1.807) is 0 Å². The molecule has 1 rings (SSSR count). The summed E-state index contributed by atoms with van der Waals surface area (Å²) in [7, 11) is 1.89. The first-order valence-electron chi connectivity index (χ1n) is 5.62. The topological polar surface area (TPSA) is 62.7 Å². The molecule has 0 atom stereocenters. The molecule has 6 heteroatoms. The third-order valence-corrected chi connectivity index (χ3v) is 3.52. The van der Waals surface area contributed by atoms with E-state index >= 15 is 0 Å². The molecule has 1 N–H and O–H groups in total. The average molecular weight is 258 g/mol. The van der Waals surface area contributed by atoms with E-state index < -0.39 is 5.97 Å². The van der Waals surface area contributed by atoms with Crippen molar-refractivity contribution < 1.29 is 14.6 Å². The maximum absolute atomic E-state index is 11.0. The molecule has 0 amide bonds. The van der Waals surface area contributed by atoms with Crippen molar-refractivity contribution in [3.05, 3.63) is 10.6 Å². The van der Waals surface area contributed by atoms with Crippen molar-refractivity contribution in [1.29, 1.82) is 0 Å². The first kappa shape index (κ1) is 13.9. The van der Waals surface area contributed by atoms with Crippen LogP contribution in [0, 0.1) is 0 Å². The predicted molar refractivity (Wildman–Crippen MR) is 68.2 cm³/mol. The Hall–Kier alpha value is -1.14. The second kappa shape index (κ2) is 6.56. The fraction of sp³-hybridized carbons (Fsp3) is 0.636. The van der Waals surface area contributed by atoms with Gasteiger partial charge in [-0.3, -0.25) is 0 Å². The van der Waals surface area contributed by atoms with Gasteiger partial charge in [-0.2, -0.15) is 0 Å². The second-order valence-electron chi connectivity index (χ2n) is 3.55. The number of hydrogen-bond acceptors (Lipinski definition) is 5. The third kappa shape index (κ3) is 3.67. The molecule has 0 saturated heterocycles. The van der Waals surface area contributed by atoms with Crippen LogP contribution in [0.5, 0.6) is 0 Å². The molecule has 0 unspecified atom stereocenters.